The van der Waals surface area contributed by atoms with Gasteiger partial charge >= 0.3 is 5.97 Å². The topological polar surface area (TPSA) is 46.5 Å². The first-order valence-corrected chi connectivity index (χ1v) is 4.77. The summed E-state index contributed by atoms with van der Waals surface area (Å²) in [6.07, 6.45) is -6.31. The molecule has 0 saturated heterocycles. The maximum atomic E-state index is 12.7. The van der Waals surface area contributed by atoms with E-state index in [-0.39, 0.29) is 6.61 Å². The van der Waals surface area contributed by atoms with Gasteiger partial charge in [-0.05, 0) is 6.42 Å². The largest absolute Gasteiger partial charge is 0.463 e. The van der Waals surface area contributed by atoms with Gasteiger partial charge in [-0.25, -0.2) is 18.0 Å². The average Bonchev–Trinajstić information content (AvgIpc) is 2.21. The number of aliphatic hydroxyl groups excluding tert-OH is 1. The van der Waals surface area contributed by atoms with Crippen molar-refractivity contribution in [2.24, 2.45) is 0 Å². The molecular formula is C9H15F3O3. The molecule has 1 N–H and O–H groups in total. The van der Waals surface area contributed by atoms with Crippen molar-refractivity contribution < 1.29 is 27.8 Å². The van der Waals surface area contributed by atoms with Crippen molar-refractivity contribution in [2.75, 3.05) is 6.61 Å². The van der Waals surface area contributed by atoms with Crippen LogP contribution in [0.4, 0.5) is 13.2 Å². The van der Waals surface area contributed by atoms with E-state index >= 15 is 0 Å². The molecule has 0 aromatic carbocycles. The average molecular weight is 228 g/mol. The third kappa shape index (κ3) is 5.61. The third-order valence-electron chi connectivity index (χ3n) is 1.78. The standard InChI is InChI=1S/C9H15F3O3/c1-2-3-4-5-15-9(14)6(10)7(13)8(11)12/h6-8,13H,2-5H2,1H3. The number of esters is 1. The maximum Gasteiger partial charge on any atom is 0.343 e. The van der Waals surface area contributed by atoms with Gasteiger partial charge in [-0.2, -0.15) is 0 Å². The third-order valence-corrected chi connectivity index (χ3v) is 1.78. The molecular weight excluding hydrogens is 213 g/mol. The second kappa shape index (κ2) is 7.50. The maximum absolute atomic E-state index is 12.7. The summed E-state index contributed by atoms with van der Waals surface area (Å²) < 4.78 is 40.7. The number of unbranched alkanes of at least 4 members (excludes halogenated alkanes) is 2. The second-order valence-electron chi connectivity index (χ2n) is 3.10. The molecule has 2 atom stereocenters. The minimum Gasteiger partial charge on any atom is -0.463 e. The van der Waals surface area contributed by atoms with Crippen molar-refractivity contribution in [1.29, 1.82) is 0 Å². The predicted molar refractivity (Wildman–Crippen MR) is 47.4 cm³/mol. The van der Waals surface area contributed by atoms with E-state index in [0.29, 0.717) is 6.42 Å². The Morgan fingerprint density at radius 2 is 1.93 bits per heavy atom. The van der Waals surface area contributed by atoms with Gasteiger partial charge < -0.3 is 9.84 Å². The Hall–Kier alpha value is -0.780. The number of aliphatic hydroxyl groups is 1. The number of carbonyl (C=O) groups is 1. The first-order chi connectivity index (χ1) is 7.00. The number of ether oxygens (including phenoxy) is 1. The van der Waals surface area contributed by atoms with Crippen LogP contribution >= 0.6 is 0 Å². The summed E-state index contributed by atoms with van der Waals surface area (Å²) in [5.41, 5.74) is 0. The quantitative estimate of drug-likeness (QED) is 0.532. The van der Waals surface area contributed by atoms with Crippen LogP contribution in [0.5, 0.6) is 0 Å². The number of carbonyl (C=O) groups excluding carboxylic acids is 1. The highest BCUT2D eigenvalue weighted by Gasteiger charge is 2.34. The summed E-state index contributed by atoms with van der Waals surface area (Å²) in [4.78, 5) is 10.8. The van der Waals surface area contributed by atoms with Gasteiger partial charge in [0.2, 0.25) is 6.17 Å². The highest BCUT2D eigenvalue weighted by atomic mass is 19.3. The van der Waals surface area contributed by atoms with Gasteiger partial charge in [0, 0.05) is 0 Å². The Morgan fingerprint density at radius 3 is 2.40 bits per heavy atom. The molecule has 0 spiro atoms. The molecule has 0 fully saturated rings. The Balaban J connectivity index is 3.79. The number of hydrogen-bond acceptors (Lipinski definition) is 3. The molecule has 3 nitrogen and oxygen atoms in total. The fourth-order valence-electron chi connectivity index (χ4n) is 0.872. The van der Waals surface area contributed by atoms with Gasteiger partial charge in [-0.1, -0.05) is 19.8 Å². The lowest BCUT2D eigenvalue weighted by Gasteiger charge is -2.13. The fourth-order valence-corrected chi connectivity index (χ4v) is 0.872. The molecule has 0 aliphatic carbocycles. The van der Waals surface area contributed by atoms with Crippen LogP contribution in [-0.4, -0.2) is 36.4 Å². The van der Waals surface area contributed by atoms with Gasteiger partial charge in [-0.15, -0.1) is 0 Å². The van der Waals surface area contributed by atoms with Gasteiger partial charge in [0.25, 0.3) is 6.43 Å². The molecule has 0 aliphatic heterocycles. The van der Waals surface area contributed by atoms with E-state index in [1.165, 1.54) is 0 Å². The summed E-state index contributed by atoms with van der Waals surface area (Å²) in [5, 5.41) is 8.54. The predicted octanol–water partition coefficient (Wildman–Crippen LogP) is 1.68. The lowest BCUT2D eigenvalue weighted by atomic mass is 10.2. The highest BCUT2D eigenvalue weighted by Crippen LogP contribution is 2.10. The molecule has 0 aliphatic rings. The molecule has 6 heteroatoms. The number of rotatable bonds is 7. The first kappa shape index (κ1) is 14.2. The van der Waals surface area contributed by atoms with Gasteiger partial charge in [0.05, 0.1) is 6.61 Å². The molecule has 0 amide bonds. The Bertz CT molecular complexity index is 187. The lowest BCUT2D eigenvalue weighted by molar-refractivity contribution is -0.159. The van der Waals surface area contributed by atoms with Crippen LogP contribution in [0.1, 0.15) is 26.2 Å². The highest BCUT2D eigenvalue weighted by molar-refractivity contribution is 5.75. The van der Waals surface area contributed by atoms with Gasteiger partial charge in [0.1, 0.15) is 0 Å². The monoisotopic (exact) mass is 228 g/mol. The van der Waals surface area contributed by atoms with Crippen molar-refractivity contribution in [3.8, 4) is 0 Å². The molecule has 0 bridgehead atoms. The summed E-state index contributed by atoms with van der Waals surface area (Å²) in [6.45, 7) is 1.92. The number of halogens is 3. The Labute approximate surface area is 86.2 Å². The zero-order valence-corrected chi connectivity index (χ0v) is 8.46. The summed E-state index contributed by atoms with van der Waals surface area (Å²) in [6, 6.07) is 0. The number of hydrogen-bond donors (Lipinski definition) is 1. The number of alkyl halides is 3. The van der Waals surface area contributed by atoms with Crippen molar-refractivity contribution in [2.45, 2.75) is 44.9 Å². The zero-order chi connectivity index (χ0) is 11.8. The van der Waals surface area contributed by atoms with Crippen LogP contribution in [0.2, 0.25) is 0 Å². The zero-order valence-electron chi connectivity index (χ0n) is 8.46. The van der Waals surface area contributed by atoms with E-state index in [1.807, 2.05) is 6.92 Å². The molecule has 0 radical (unpaired) electrons. The minimum absolute atomic E-state index is 0.0109. The molecule has 0 heterocycles. The Kier molecular flexibility index (Phi) is 7.11. The van der Waals surface area contributed by atoms with Crippen LogP contribution in [-0.2, 0) is 9.53 Å². The van der Waals surface area contributed by atoms with Crippen molar-refractivity contribution in [3.63, 3.8) is 0 Å². The van der Waals surface area contributed by atoms with Gasteiger partial charge in [-0.3, -0.25) is 0 Å². The SMILES string of the molecule is CCCCCOC(=O)C(F)C(O)C(F)F. The lowest BCUT2D eigenvalue weighted by Crippen LogP contribution is -2.36. The molecule has 2 unspecified atom stereocenters. The van der Waals surface area contributed by atoms with Crippen molar-refractivity contribution in [3.05, 3.63) is 0 Å². The molecule has 0 saturated carbocycles. The van der Waals surface area contributed by atoms with Crippen LogP contribution in [0.25, 0.3) is 0 Å². The molecule has 0 aromatic rings. The fraction of sp³-hybridized carbons (Fsp3) is 0.889. The van der Waals surface area contributed by atoms with E-state index in [9.17, 15) is 18.0 Å². The van der Waals surface area contributed by atoms with E-state index in [1.54, 1.807) is 0 Å². The Morgan fingerprint density at radius 1 is 1.33 bits per heavy atom. The van der Waals surface area contributed by atoms with E-state index in [2.05, 4.69) is 4.74 Å². The molecule has 0 rings (SSSR count). The van der Waals surface area contributed by atoms with E-state index < -0.39 is 24.7 Å². The van der Waals surface area contributed by atoms with E-state index in [4.69, 9.17) is 5.11 Å². The van der Waals surface area contributed by atoms with Crippen LogP contribution in [0.15, 0.2) is 0 Å². The normalized spacial score (nSPS) is 15.1. The summed E-state index contributed by atoms with van der Waals surface area (Å²) in [7, 11) is 0. The summed E-state index contributed by atoms with van der Waals surface area (Å²) >= 11 is 0. The molecule has 90 valence electrons. The van der Waals surface area contributed by atoms with Crippen LogP contribution < -0.4 is 0 Å². The molecule has 0 aromatic heterocycles. The van der Waals surface area contributed by atoms with Crippen molar-refractivity contribution >= 4 is 5.97 Å². The van der Waals surface area contributed by atoms with Crippen LogP contribution in [0.3, 0.4) is 0 Å². The van der Waals surface area contributed by atoms with E-state index in [0.717, 1.165) is 12.8 Å². The minimum atomic E-state index is -3.29. The molecule has 15 heavy (non-hydrogen) atoms. The smallest absolute Gasteiger partial charge is 0.343 e. The first-order valence-electron chi connectivity index (χ1n) is 4.77. The summed E-state index contributed by atoms with van der Waals surface area (Å²) in [5.74, 6) is -1.43. The van der Waals surface area contributed by atoms with Gasteiger partial charge in [0.15, 0.2) is 6.10 Å². The van der Waals surface area contributed by atoms with Crippen molar-refractivity contribution in [1.82, 2.24) is 0 Å². The van der Waals surface area contributed by atoms with Crippen LogP contribution in [0, 0.1) is 0 Å². The second-order valence-corrected chi connectivity index (χ2v) is 3.10.